The molecule has 76 valence electrons. The summed E-state index contributed by atoms with van der Waals surface area (Å²) >= 11 is 0. The molecule has 0 aliphatic heterocycles. The van der Waals surface area contributed by atoms with Crippen molar-refractivity contribution in [3.8, 4) is 0 Å². The lowest BCUT2D eigenvalue weighted by Gasteiger charge is -2.63. The molecule has 1 heteroatoms. The molecule has 0 aromatic heterocycles. The highest BCUT2D eigenvalue weighted by Gasteiger charge is 2.63. The van der Waals surface area contributed by atoms with Crippen molar-refractivity contribution in [1.29, 1.82) is 0 Å². The minimum absolute atomic E-state index is 0.243. The van der Waals surface area contributed by atoms with Crippen LogP contribution in [0, 0.1) is 29.1 Å². The zero-order chi connectivity index (χ0) is 9.34. The molecule has 5 fully saturated rings. The Morgan fingerprint density at radius 3 is 1.86 bits per heavy atom. The first-order chi connectivity index (χ1) is 6.79. The van der Waals surface area contributed by atoms with Gasteiger partial charge in [0.2, 0.25) is 0 Å². The lowest BCUT2D eigenvalue weighted by molar-refractivity contribution is -0.175. The van der Waals surface area contributed by atoms with E-state index < -0.39 is 0 Å². The molecule has 1 spiro atoms. The first-order valence-electron chi connectivity index (χ1n) is 6.32. The zero-order valence-electron chi connectivity index (χ0n) is 8.67. The second kappa shape index (κ2) is 2.25. The van der Waals surface area contributed by atoms with E-state index in [1.165, 1.54) is 38.5 Å². The molecule has 0 unspecified atom stereocenters. The Balaban J connectivity index is 1.77. The standard InChI is InChI=1S/C13H18O/c14-12-1-2-13(12)10-4-8-3-9(6-10)7-11(13)5-8/h8-11H,1-7H2. The van der Waals surface area contributed by atoms with Crippen LogP contribution in [0.5, 0.6) is 0 Å². The highest BCUT2D eigenvalue weighted by molar-refractivity contribution is 5.91. The molecule has 0 amide bonds. The maximum absolute atomic E-state index is 11.9. The summed E-state index contributed by atoms with van der Waals surface area (Å²) in [5, 5.41) is 0. The number of ketones is 1. The smallest absolute Gasteiger partial charge is 0.139 e. The van der Waals surface area contributed by atoms with Gasteiger partial charge in [0.15, 0.2) is 0 Å². The molecular weight excluding hydrogens is 172 g/mol. The SMILES string of the molecule is O=C1CCC12C1CC3CC(C1)CC2C3. The van der Waals surface area contributed by atoms with Crippen LogP contribution in [-0.2, 0) is 4.79 Å². The van der Waals surface area contributed by atoms with Crippen molar-refractivity contribution in [2.75, 3.05) is 0 Å². The Bertz CT molecular complexity index is 276. The average Bonchev–Trinajstić information content (AvgIpc) is 2.14. The molecule has 4 bridgehead atoms. The molecule has 0 aromatic carbocycles. The third-order valence-corrected chi connectivity index (χ3v) is 5.88. The van der Waals surface area contributed by atoms with Crippen LogP contribution >= 0.6 is 0 Å². The Kier molecular flexibility index (Phi) is 1.27. The van der Waals surface area contributed by atoms with Crippen LogP contribution < -0.4 is 0 Å². The monoisotopic (exact) mass is 190 g/mol. The van der Waals surface area contributed by atoms with E-state index in [-0.39, 0.29) is 5.41 Å². The Labute approximate surface area is 85.3 Å². The minimum Gasteiger partial charge on any atom is -0.299 e. The van der Waals surface area contributed by atoms with Crippen molar-refractivity contribution in [2.24, 2.45) is 29.1 Å². The van der Waals surface area contributed by atoms with Crippen molar-refractivity contribution < 1.29 is 4.79 Å². The van der Waals surface area contributed by atoms with Crippen molar-refractivity contribution in [1.82, 2.24) is 0 Å². The van der Waals surface area contributed by atoms with Crippen LogP contribution in [0.1, 0.15) is 44.9 Å². The van der Waals surface area contributed by atoms with Gasteiger partial charge >= 0.3 is 0 Å². The van der Waals surface area contributed by atoms with Gasteiger partial charge in [-0.1, -0.05) is 0 Å². The van der Waals surface area contributed by atoms with E-state index in [1.807, 2.05) is 0 Å². The first-order valence-corrected chi connectivity index (χ1v) is 6.32. The Morgan fingerprint density at radius 1 is 0.929 bits per heavy atom. The molecule has 0 aromatic rings. The minimum atomic E-state index is 0.243. The molecule has 0 heterocycles. The molecule has 0 saturated heterocycles. The van der Waals surface area contributed by atoms with Gasteiger partial charge in [-0.2, -0.15) is 0 Å². The number of carbonyl (C=O) groups is 1. The number of rotatable bonds is 0. The van der Waals surface area contributed by atoms with Gasteiger partial charge in [0.05, 0.1) is 0 Å². The fraction of sp³-hybridized carbons (Fsp3) is 0.923. The second-order valence-corrected chi connectivity index (χ2v) is 6.27. The topological polar surface area (TPSA) is 17.1 Å². The van der Waals surface area contributed by atoms with E-state index in [9.17, 15) is 4.79 Å². The summed E-state index contributed by atoms with van der Waals surface area (Å²) in [4.78, 5) is 11.9. The number of Topliss-reactive ketones (excluding diaryl/α,β-unsaturated/α-hetero) is 1. The number of carbonyl (C=O) groups excluding carboxylic acids is 1. The van der Waals surface area contributed by atoms with Gasteiger partial charge in [0.25, 0.3) is 0 Å². The van der Waals surface area contributed by atoms with Crippen molar-refractivity contribution in [3.05, 3.63) is 0 Å². The summed E-state index contributed by atoms with van der Waals surface area (Å²) in [6, 6.07) is 0. The van der Waals surface area contributed by atoms with Crippen LogP contribution in [0.3, 0.4) is 0 Å². The molecule has 5 aliphatic rings. The third-order valence-electron chi connectivity index (χ3n) is 5.88. The van der Waals surface area contributed by atoms with E-state index in [2.05, 4.69) is 0 Å². The van der Waals surface area contributed by atoms with Crippen LogP contribution in [0.2, 0.25) is 0 Å². The lowest BCUT2D eigenvalue weighted by Crippen LogP contribution is -2.60. The Hall–Kier alpha value is -0.330. The highest BCUT2D eigenvalue weighted by atomic mass is 16.1. The van der Waals surface area contributed by atoms with Crippen molar-refractivity contribution in [3.63, 3.8) is 0 Å². The molecule has 1 nitrogen and oxygen atoms in total. The van der Waals surface area contributed by atoms with Gasteiger partial charge in [-0.25, -0.2) is 0 Å². The summed E-state index contributed by atoms with van der Waals surface area (Å²) in [6.45, 7) is 0. The van der Waals surface area contributed by atoms with E-state index in [0.29, 0.717) is 5.78 Å². The van der Waals surface area contributed by atoms with Gasteiger partial charge in [-0.15, -0.1) is 0 Å². The molecule has 0 radical (unpaired) electrons. The van der Waals surface area contributed by atoms with E-state index >= 15 is 0 Å². The Morgan fingerprint density at radius 2 is 1.50 bits per heavy atom. The molecule has 0 atom stereocenters. The van der Waals surface area contributed by atoms with Crippen LogP contribution in [0.25, 0.3) is 0 Å². The lowest BCUT2D eigenvalue weighted by atomic mass is 9.39. The van der Waals surface area contributed by atoms with Gasteiger partial charge in [0.1, 0.15) is 5.78 Å². The van der Waals surface area contributed by atoms with Crippen LogP contribution in [0.15, 0.2) is 0 Å². The second-order valence-electron chi connectivity index (χ2n) is 6.27. The fourth-order valence-electron chi connectivity index (χ4n) is 5.40. The maximum Gasteiger partial charge on any atom is 0.139 e. The summed E-state index contributed by atoms with van der Waals surface area (Å²) in [7, 11) is 0. The summed E-state index contributed by atoms with van der Waals surface area (Å²) < 4.78 is 0. The third kappa shape index (κ3) is 0.697. The van der Waals surface area contributed by atoms with Gasteiger partial charge in [-0.3, -0.25) is 4.79 Å². The normalized spacial score (nSPS) is 59.3. The molecule has 0 N–H and O–H groups in total. The molecule has 5 rings (SSSR count). The van der Waals surface area contributed by atoms with E-state index in [1.54, 1.807) is 0 Å². The van der Waals surface area contributed by atoms with Crippen LogP contribution in [-0.4, -0.2) is 5.78 Å². The van der Waals surface area contributed by atoms with Crippen molar-refractivity contribution >= 4 is 5.78 Å². The summed E-state index contributed by atoms with van der Waals surface area (Å²) in [5.41, 5.74) is 0.243. The first kappa shape index (κ1) is 7.90. The maximum atomic E-state index is 11.9. The fourth-order valence-corrected chi connectivity index (χ4v) is 5.40. The molecule has 14 heavy (non-hydrogen) atoms. The summed E-state index contributed by atoms with van der Waals surface area (Å²) in [6.07, 6.45) is 9.26. The summed E-state index contributed by atoms with van der Waals surface area (Å²) in [5.74, 6) is 4.30. The predicted molar refractivity (Wildman–Crippen MR) is 53.7 cm³/mol. The quantitative estimate of drug-likeness (QED) is 0.574. The molecule has 5 saturated carbocycles. The predicted octanol–water partition coefficient (Wildman–Crippen LogP) is 2.79. The largest absolute Gasteiger partial charge is 0.299 e. The van der Waals surface area contributed by atoms with Gasteiger partial charge in [0, 0.05) is 11.8 Å². The van der Waals surface area contributed by atoms with E-state index in [0.717, 1.165) is 30.1 Å². The van der Waals surface area contributed by atoms with Crippen molar-refractivity contribution in [2.45, 2.75) is 44.9 Å². The van der Waals surface area contributed by atoms with Gasteiger partial charge < -0.3 is 0 Å². The van der Waals surface area contributed by atoms with Crippen LogP contribution in [0.4, 0.5) is 0 Å². The highest BCUT2D eigenvalue weighted by Crippen LogP contribution is 2.67. The van der Waals surface area contributed by atoms with Gasteiger partial charge in [-0.05, 0) is 62.2 Å². The zero-order valence-corrected chi connectivity index (χ0v) is 8.67. The number of hydrogen-bond donors (Lipinski definition) is 0. The average molecular weight is 190 g/mol. The van der Waals surface area contributed by atoms with E-state index in [4.69, 9.17) is 0 Å². The molecular formula is C13H18O. The molecule has 5 aliphatic carbocycles. The number of hydrogen-bond acceptors (Lipinski definition) is 1.